The van der Waals surface area contributed by atoms with Crippen molar-refractivity contribution < 1.29 is 4.79 Å². The first-order chi connectivity index (χ1) is 11.8. The number of fused-ring (bicyclic) bond motifs is 3. The van der Waals surface area contributed by atoms with E-state index < -0.39 is 0 Å². The minimum absolute atomic E-state index is 0.0732. The number of nitrogens with zero attached hydrogens (tertiary/aromatic N) is 2. The molecule has 1 aliphatic carbocycles. The lowest BCUT2D eigenvalue weighted by Gasteiger charge is -2.50. The number of rotatable bonds is 3. The highest BCUT2D eigenvalue weighted by Crippen LogP contribution is 2.37. The van der Waals surface area contributed by atoms with Crippen molar-refractivity contribution >= 4 is 11.6 Å². The van der Waals surface area contributed by atoms with Crippen molar-refractivity contribution in [2.75, 3.05) is 31.1 Å². The van der Waals surface area contributed by atoms with Gasteiger partial charge in [-0.3, -0.25) is 9.69 Å². The summed E-state index contributed by atoms with van der Waals surface area (Å²) in [5.41, 5.74) is 2.69. The molecular formula is C20H29N3O. The predicted octanol–water partition coefficient (Wildman–Crippen LogP) is 2.43. The Morgan fingerprint density at radius 1 is 1.21 bits per heavy atom. The summed E-state index contributed by atoms with van der Waals surface area (Å²) >= 11 is 0. The van der Waals surface area contributed by atoms with Crippen LogP contribution in [0.15, 0.2) is 24.3 Å². The maximum absolute atomic E-state index is 12.7. The molecule has 1 saturated carbocycles. The van der Waals surface area contributed by atoms with E-state index in [9.17, 15) is 4.79 Å². The van der Waals surface area contributed by atoms with Crippen molar-refractivity contribution in [3.63, 3.8) is 0 Å². The average molecular weight is 327 g/mol. The first kappa shape index (κ1) is 15.9. The maximum Gasteiger partial charge on any atom is 0.225 e. The van der Waals surface area contributed by atoms with E-state index in [4.69, 9.17) is 0 Å². The molecule has 2 fully saturated rings. The summed E-state index contributed by atoms with van der Waals surface area (Å²) in [5, 5.41) is 3.08. The van der Waals surface area contributed by atoms with Crippen molar-refractivity contribution in [3.8, 4) is 0 Å². The molecule has 1 aromatic carbocycles. The number of amides is 1. The summed E-state index contributed by atoms with van der Waals surface area (Å²) in [6.07, 6.45) is 6.31. The molecular weight excluding hydrogens is 298 g/mol. The summed E-state index contributed by atoms with van der Waals surface area (Å²) < 4.78 is 0. The molecule has 0 spiro atoms. The number of nitrogens with one attached hydrogen (secondary N) is 1. The lowest BCUT2D eigenvalue weighted by atomic mass is 9.83. The van der Waals surface area contributed by atoms with Gasteiger partial charge in [-0.25, -0.2) is 0 Å². The zero-order chi connectivity index (χ0) is 16.5. The lowest BCUT2D eigenvalue weighted by molar-refractivity contribution is -0.126. The molecule has 0 radical (unpaired) electrons. The third kappa shape index (κ3) is 2.81. The lowest BCUT2D eigenvalue weighted by Crippen LogP contribution is -2.62. The van der Waals surface area contributed by atoms with Gasteiger partial charge in [0.05, 0.1) is 12.0 Å². The Balaban J connectivity index is 1.61. The Hall–Kier alpha value is -1.55. The summed E-state index contributed by atoms with van der Waals surface area (Å²) in [7, 11) is 0. The topological polar surface area (TPSA) is 35.6 Å². The van der Waals surface area contributed by atoms with Crippen LogP contribution in [0.1, 0.15) is 38.2 Å². The first-order valence-corrected chi connectivity index (χ1v) is 9.64. The fraction of sp³-hybridized carbons (Fsp3) is 0.650. The average Bonchev–Trinajstić information content (AvgIpc) is 3.15. The first-order valence-electron chi connectivity index (χ1n) is 9.64. The van der Waals surface area contributed by atoms with Crippen LogP contribution in [0.2, 0.25) is 0 Å². The number of para-hydroxylation sites is 1. The van der Waals surface area contributed by atoms with E-state index in [0.717, 1.165) is 38.6 Å². The minimum Gasteiger partial charge on any atom is -0.365 e. The van der Waals surface area contributed by atoms with Gasteiger partial charge in [0.1, 0.15) is 0 Å². The molecule has 130 valence electrons. The highest BCUT2D eigenvalue weighted by atomic mass is 16.1. The molecule has 4 rings (SSSR count). The van der Waals surface area contributed by atoms with Gasteiger partial charge in [0.15, 0.2) is 0 Å². The number of hydrogen-bond donors (Lipinski definition) is 1. The van der Waals surface area contributed by atoms with E-state index in [-0.39, 0.29) is 11.8 Å². The van der Waals surface area contributed by atoms with Crippen LogP contribution in [0.25, 0.3) is 0 Å². The number of piperazine rings is 1. The molecule has 2 heterocycles. The largest absolute Gasteiger partial charge is 0.365 e. The summed E-state index contributed by atoms with van der Waals surface area (Å²) in [4.78, 5) is 17.9. The van der Waals surface area contributed by atoms with Crippen molar-refractivity contribution in [1.82, 2.24) is 10.2 Å². The monoisotopic (exact) mass is 327 g/mol. The molecule has 1 saturated heterocycles. The van der Waals surface area contributed by atoms with Crippen molar-refractivity contribution in [2.24, 2.45) is 5.92 Å². The van der Waals surface area contributed by atoms with Crippen LogP contribution in [-0.2, 0) is 11.2 Å². The molecule has 24 heavy (non-hydrogen) atoms. The Morgan fingerprint density at radius 2 is 2.00 bits per heavy atom. The number of carbonyl (C=O) groups excluding carboxylic acids is 1. The van der Waals surface area contributed by atoms with Gasteiger partial charge < -0.3 is 10.2 Å². The van der Waals surface area contributed by atoms with Crippen LogP contribution in [0.4, 0.5) is 5.69 Å². The Morgan fingerprint density at radius 3 is 2.79 bits per heavy atom. The Bertz CT molecular complexity index is 596. The molecule has 1 aromatic rings. The SMILES string of the molecule is CCNC(=O)[C@@H]1Cc2ccccc2N2CCN(C3CCCC3)C[C@H]12. The highest BCUT2D eigenvalue weighted by molar-refractivity contribution is 5.82. The normalized spacial score (nSPS) is 27.6. The summed E-state index contributed by atoms with van der Waals surface area (Å²) in [6, 6.07) is 9.73. The molecule has 3 aliphatic rings. The summed E-state index contributed by atoms with van der Waals surface area (Å²) in [5.74, 6) is 0.305. The zero-order valence-electron chi connectivity index (χ0n) is 14.7. The fourth-order valence-corrected chi connectivity index (χ4v) is 4.99. The van der Waals surface area contributed by atoms with E-state index in [1.807, 2.05) is 6.92 Å². The van der Waals surface area contributed by atoms with Gasteiger partial charge in [-0.1, -0.05) is 31.0 Å². The van der Waals surface area contributed by atoms with Gasteiger partial charge in [0.2, 0.25) is 5.91 Å². The van der Waals surface area contributed by atoms with Gasteiger partial charge in [-0.05, 0) is 37.8 Å². The van der Waals surface area contributed by atoms with E-state index in [2.05, 4.69) is 39.4 Å². The third-order valence-electron chi connectivity index (χ3n) is 6.18. The van der Waals surface area contributed by atoms with Gasteiger partial charge in [0, 0.05) is 37.9 Å². The molecule has 2 aliphatic heterocycles. The standard InChI is InChI=1S/C20H29N3O/c1-2-21-20(24)17-13-15-7-3-6-10-18(15)23-12-11-22(14-19(17)23)16-8-4-5-9-16/h3,6-7,10,16-17,19H,2,4-5,8-9,11-14H2,1H3,(H,21,24)/t17-,19-/m1/s1. The molecule has 0 bridgehead atoms. The second kappa shape index (κ2) is 6.75. The zero-order valence-corrected chi connectivity index (χ0v) is 14.7. The van der Waals surface area contributed by atoms with Crippen LogP contribution in [0.3, 0.4) is 0 Å². The molecule has 1 amide bonds. The number of hydrogen-bond acceptors (Lipinski definition) is 3. The molecule has 4 nitrogen and oxygen atoms in total. The van der Waals surface area contributed by atoms with Gasteiger partial charge in [-0.15, -0.1) is 0 Å². The molecule has 0 unspecified atom stereocenters. The number of anilines is 1. The predicted molar refractivity (Wildman–Crippen MR) is 97.3 cm³/mol. The van der Waals surface area contributed by atoms with E-state index >= 15 is 0 Å². The van der Waals surface area contributed by atoms with E-state index in [0.29, 0.717) is 6.04 Å². The highest BCUT2D eigenvalue weighted by Gasteiger charge is 2.42. The van der Waals surface area contributed by atoms with Crippen molar-refractivity contribution in [1.29, 1.82) is 0 Å². The van der Waals surface area contributed by atoms with Crippen LogP contribution in [-0.4, -0.2) is 49.1 Å². The smallest absolute Gasteiger partial charge is 0.225 e. The van der Waals surface area contributed by atoms with Crippen LogP contribution in [0, 0.1) is 5.92 Å². The van der Waals surface area contributed by atoms with E-state index in [1.54, 1.807) is 0 Å². The Labute approximate surface area is 145 Å². The van der Waals surface area contributed by atoms with Crippen molar-refractivity contribution in [3.05, 3.63) is 29.8 Å². The third-order valence-corrected chi connectivity index (χ3v) is 6.18. The van der Waals surface area contributed by atoms with E-state index in [1.165, 1.54) is 36.9 Å². The minimum atomic E-state index is 0.0732. The fourth-order valence-electron chi connectivity index (χ4n) is 4.99. The quantitative estimate of drug-likeness (QED) is 0.926. The second-order valence-corrected chi connectivity index (χ2v) is 7.53. The molecule has 4 heteroatoms. The van der Waals surface area contributed by atoms with Crippen LogP contribution >= 0.6 is 0 Å². The van der Waals surface area contributed by atoms with Gasteiger partial charge in [-0.2, -0.15) is 0 Å². The summed E-state index contributed by atoms with van der Waals surface area (Å²) in [6.45, 7) is 5.96. The van der Waals surface area contributed by atoms with Gasteiger partial charge in [0.25, 0.3) is 0 Å². The molecule has 1 N–H and O–H groups in total. The number of benzene rings is 1. The second-order valence-electron chi connectivity index (χ2n) is 7.53. The molecule has 0 aromatic heterocycles. The van der Waals surface area contributed by atoms with Crippen molar-refractivity contribution in [2.45, 2.75) is 51.1 Å². The van der Waals surface area contributed by atoms with Gasteiger partial charge >= 0.3 is 0 Å². The van der Waals surface area contributed by atoms with Crippen LogP contribution in [0.5, 0.6) is 0 Å². The molecule has 2 atom stereocenters. The maximum atomic E-state index is 12.7. The van der Waals surface area contributed by atoms with Crippen LogP contribution < -0.4 is 10.2 Å². The Kier molecular flexibility index (Phi) is 4.49. The number of carbonyl (C=O) groups is 1.